The molecule has 2 aromatic carbocycles. The number of benzene rings is 2. The monoisotopic (exact) mass is 454 g/mol. The van der Waals surface area contributed by atoms with Crippen LogP contribution in [0.5, 0.6) is 0 Å². The summed E-state index contributed by atoms with van der Waals surface area (Å²) in [5.74, 6) is 0.980. The van der Waals surface area contributed by atoms with Crippen LogP contribution in [0.4, 0.5) is 5.95 Å². The molecule has 0 amide bonds. The van der Waals surface area contributed by atoms with E-state index in [9.17, 15) is 4.79 Å². The van der Waals surface area contributed by atoms with Crippen molar-refractivity contribution in [3.63, 3.8) is 0 Å². The molecule has 0 fully saturated rings. The summed E-state index contributed by atoms with van der Waals surface area (Å²) in [5.41, 5.74) is 4.53. The quantitative estimate of drug-likeness (QED) is 0.398. The Balaban J connectivity index is 1.68. The second-order valence-electron chi connectivity index (χ2n) is 7.28. The number of halogens is 1. The first-order chi connectivity index (χ1) is 15.0. The molecule has 3 aromatic rings. The molecule has 31 heavy (non-hydrogen) atoms. The number of thioether (sulfide) groups is 1. The van der Waals surface area contributed by atoms with Crippen molar-refractivity contribution in [3.8, 4) is 0 Å². The number of nitrogens with zero attached hydrogens (tertiary/aromatic N) is 3. The lowest BCUT2D eigenvalue weighted by molar-refractivity contribution is -0.139. The summed E-state index contributed by atoms with van der Waals surface area (Å²) in [6.45, 7) is 6.02. The van der Waals surface area contributed by atoms with Crippen LogP contribution in [0.3, 0.4) is 0 Å². The lowest BCUT2D eigenvalue weighted by Crippen LogP contribution is -2.29. The molecule has 0 bridgehead atoms. The number of esters is 1. The van der Waals surface area contributed by atoms with Crippen molar-refractivity contribution in [1.82, 2.24) is 14.8 Å². The molecule has 1 aromatic heterocycles. The number of rotatable bonds is 6. The summed E-state index contributed by atoms with van der Waals surface area (Å²) >= 11 is 7.65. The van der Waals surface area contributed by atoms with Gasteiger partial charge >= 0.3 is 5.97 Å². The summed E-state index contributed by atoms with van der Waals surface area (Å²) in [6, 6.07) is 15.3. The molecule has 4 rings (SSSR count). The van der Waals surface area contributed by atoms with Gasteiger partial charge in [-0.1, -0.05) is 65.3 Å². The molecule has 160 valence electrons. The van der Waals surface area contributed by atoms with Gasteiger partial charge in [-0.2, -0.15) is 4.98 Å². The summed E-state index contributed by atoms with van der Waals surface area (Å²) < 4.78 is 7.09. The molecular weight excluding hydrogens is 432 g/mol. The van der Waals surface area contributed by atoms with Crippen molar-refractivity contribution in [2.24, 2.45) is 0 Å². The number of hydrogen-bond acceptors (Lipinski definition) is 6. The third-order valence-corrected chi connectivity index (χ3v) is 6.13. The number of carbonyl (C=O) groups is 1. The molecule has 1 aliphatic rings. The molecule has 2 heterocycles. The number of fused-ring (bicyclic) bond motifs is 1. The van der Waals surface area contributed by atoms with Gasteiger partial charge in [0.2, 0.25) is 11.1 Å². The van der Waals surface area contributed by atoms with E-state index in [0.717, 1.165) is 11.3 Å². The average Bonchev–Trinajstić information content (AvgIpc) is 3.14. The maximum Gasteiger partial charge on any atom is 0.338 e. The molecule has 0 aliphatic carbocycles. The lowest BCUT2D eigenvalue weighted by atomic mass is 9.96. The van der Waals surface area contributed by atoms with E-state index < -0.39 is 6.04 Å². The molecule has 1 atom stereocenters. The van der Waals surface area contributed by atoms with Gasteiger partial charge in [-0.3, -0.25) is 0 Å². The molecule has 0 saturated carbocycles. The normalized spacial score (nSPS) is 15.4. The van der Waals surface area contributed by atoms with Gasteiger partial charge in [0.05, 0.1) is 12.2 Å². The fraction of sp³-hybridized carbons (Fsp3) is 0.261. The van der Waals surface area contributed by atoms with E-state index >= 15 is 0 Å². The van der Waals surface area contributed by atoms with Crippen molar-refractivity contribution in [2.75, 3.05) is 11.9 Å². The van der Waals surface area contributed by atoms with Crippen LogP contribution in [0.1, 0.15) is 36.6 Å². The van der Waals surface area contributed by atoms with Crippen molar-refractivity contribution < 1.29 is 9.53 Å². The Morgan fingerprint density at radius 2 is 2.00 bits per heavy atom. The zero-order chi connectivity index (χ0) is 22.0. The van der Waals surface area contributed by atoms with Gasteiger partial charge in [0.25, 0.3) is 0 Å². The van der Waals surface area contributed by atoms with Crippen molar-refractivity contribution in [1.29, 1.82) is 0 Å². The molecule has 1 aliphatic heterocycles. The standard InChI is InChI=1S/C23H23ClN4O2S/c1-4-30-21(29)19-15(3)25-22-26-23(31-13-16-7-5-6-14(2)12-16)27-28(22)20(19)17-8-10-18(24)11-9-17/h5-12,20H,4,13H2,1-3H3,(H,25,26,27). The van der Waals surface area contributed by atoms with Crippen LogP contribution in [0, 0.1) is 6.92 Å². The zero-order valence-corrected chi connectivity index (χ0v) is 19.1. The Labute approximate surface area is 190 Å². The number of anilines is 1. The summed E-state index contributed by atoms with van der Waals surface area (Å²) in [6.07, 6.45) is 0. The molecule has 0 spiro atoms. The van der Waals surface area contributed by atoms with Crippen LogP contribution in [0.15, 0.2) is 65.0 Å². The van der Waals surface area contributed by atoms with Gasteiger partial charge in [0.15, 0.2) is 0 Å². The lowest BCUT2D eigenvalue weighted by Gasteiger charge is -2.28. The SMILES string of the molecule is CCOC(=O)C1=C(C)Nc2nc(SCc3cccc(C)c3)nn2C1c1ccc(Cl)cc1. The number of allylic oxidation sites excluding steroid dienone is 1. The smallest absolute Gasteiger partial charge is 0.338 e. The first-order valence-corrected chi connectivity index (χ1v) is 11.4. The fourth-order valence-corrected chi connectivity index (χ4v) is 4.47. The minimum atomic E-state index is -0.451. The Kier molecular flexibility index (Phi) is 6.34. The molecule has 1 unspecified atom stereocenters. The number of aromatic nitrogens is 3. The maximum absolute atomic E-state index is 12.8. The number of ether oxygens (including phenoxy) is 1. The van der Waals surface area contributed by atoms with Gasteiger partial charge < -0.3 is 10.1 Å². The zero-order valence-electron chi connectivity index (χ0n) is 17.6. The molecule has 0 saturated heterocycles. The number of aryl methyl sites for hydroxylation is 1. The highest BCUT2D eigenvalue weighted by Crippen LogP contribution is 2.37. The van der Waals surface area contributed by atoms with Gasteiger partial charge in [0, 0.05) is 16.5 Å². The Hall–Kier alpha value is -2.77. The second kappa shape index (κ2) is 9.16. The fourth-order valence-electron chi connectivity index (χ4n) is 3.57. The second-order valence-corrected chi connectivity index (χ2v) is 8.66. The number of carbonyl (C=O) groups excluding carboxylic acids is 1. The highest BCUT2D eigenvalue weighted by Gasteiger charge is 2.35. The Bertz CT molecular complexity index is 1140. The maximum atomic E-state index is 12.8. The summed E-state index contributed by atoms with van der Waals surface area (Å²) in [4.78, 5) is 17.5. The van der Waals surface area contributed by atoms with Crippen molar-refractivity contribution in [2.45, 2.75) is 37.7 Å². The van der Waals surface area contributed by atoms with E-state index in [0.29, 0.717) is 34.0 Å². The predicted molar refractivity (Wildman–Crippen MR) is 123 cm³/mol. The minimum absolute atomic E-state index is 0.296. The van der Waals surface area contributed by atoms with Gasteiger partial charge in [-0.25, -0.2) is 9.48 Å². The van der Waals surface area contributed by atoms with E-state index in [1.165, 1.54) is 11.1 Å². The highest BCUT2D eigenvalue weighted by atomic mass is 35.5. The van der Waals surface area contributed by atoms with E-state index in [1.807, 2.05) is 25.1 Å². The molecule has 8 heteroatoms. The molecular formula is C23H23ClN4O2S. The summed E-state index contributed by atoms with van der Waals surface area (Å²) in [5, 5.41) is 9.21. The van der Waals surface area contributed by atoms with E-state index in [-0.39, 0.29) is 5.97 Å². The first-order valence-electron chi connectivity index (χ1n) is 10.0. The highest BCUT2D eigenvalue weighted by molar-refractivity contribution is 7.98. The third kappa shape index (κ3) is 4.62. The minimum Gasteiger partial charge on any atom is -0.463 e. The molecule has 6 nitrogen and oxygen atoms in total. The van der Waals surface area contributed by atoms with Crippen molar-refractivity contribution >= 4 is 35.3 Å². The number of nitrogens with one attached hydrogen (secondary N) is 1. The van der Waals surface area contributed by atoms with E-state index in [4.69, 9.17) is 21.4 Å². The average molecular weight is 455 g/mol. The van der Waals surface area contributed by atoms with Gasteiger partial charge in [-0.05, 0) is 44.0 Å². The van der Waals surface area contributed by atoms with Crippen LogP contribution >= 0.6 is 23.4 Å². The van der Waals surface area contributed by atoms with E-state index in [2.05, 4.69) is 35.4 Å². The topological polar surface area (TPSA) is 69.0 Å². The van der Waals surface area contributed by atoms with Crippen molar-refractivity contribution in [3.05, 3.63) is 81.5 Å². The molecule has 1 N–H and O–H groups in total. The van der Waals surface area contributed by atoms with Crippen LogP contribution in [-0.2, 0) is 15.3 Å². The van der Waals surface area contributed by atoms with E-state index in [1.54, 1.807) is 35.5 Å². The Morgan fingerprint density at radius 1 is 1.23 bits per heavy atom. The van der Waals surface area contributed by atoms with Crippen LogP contribution in [0.25, 0.3) is 0 Å². The van der Waals surface area contributed by atoms with Crippen LogP contribution < -0.4 is 5.32 Å². The predicted octanol–water partition coefficient (Wildman–Crippen LogP) is 5.38. The van der Waals surface area contributed by atoms with Gasteiger partial charge in [0.1, 0.15) is 6.04 Å². The van der Waals surface area contributed by atoms with Crippen LogP contribution in [-0.4, -0.2) is 27.3 Å². The van der Waals surface area contributed by atoms with Crippen LogP contribution in [0.2, 0.25) is 5.02 Å². The third-order valence-electron chi connectivity index (χ3n) is 4.96. The first kappa shape index (κ1) is 21.5. The van der Waals surface area contributed by atoms with Gasteiger partial charge in [-0.15, -0.1) is 5.10 Å². The summed E-state index contributed by atoms with van der Waals surface area (Å²) in [7, 11) is 0. The Morgan fingerprint density at radius 3 is 2.71 bits per heavy atom. The molecule has 0 radical (unpaired) electrons. The number of hydrogen-bond donors (Lipinski definition) is 1. The largest absolute Gasteiger partial charge is 0.463 e.